The van der Waals surface area contributed by atoms with Crippen molar-refractivity contribution in [3.63, 3.8) is 0 Å². The predicted octanol–water partition coefficient (Wildman–Crippen LogP) is 5.64. The molecule has 1 N–H and O–H groups in total. The lowest BCUT2D eigenvalue weighted by Gasteiger charge is -2.21. The number of unbranched alkanes of at least 4 members (excludes halogenated alkanes) is 3. The van der Waals surface area contributed by atoms with Crippen LogP contribution in [0.25, 0.3) is 0 Å². The van der Waals surface area contributed by atoms with Gasteiger partial charge in [-0.1, -0.05) is 92.6 Å². The van der Waals surface area contributed by atoms with Crippen LogP contribution in [0, 0.1) is 0 Å². The van der Waals surface area contributed by atoms with Crippen molar-refractivity contribution in [3.05, 3.63) is 83.9 Å². The Bertz CT molecular complexity index is 545. The second-order valence-electron chi connectivity index (χ2n) is 5.72. The monoisotopic (exact) mass is 294 g/mol. The van der Waals surface area contributed by atoms with Crippen molar-refractivity contribution in [2.45, 2.75) is 44.6 Å². The number of rotatable bonds is 8. The first-order valence-corrected chi connectivity index (χ1v) is 8.27. The number of benzene rings is 2. The van der Waals surface area contributed by atoms with Crippen LogP contribution >= 0.6 is 0 Å². The van der Waals surface area contributed by atoms with Gasteiger partial charge in [-0.05, 0) is 24.0 Å². The minimum atomic E-state index is -0.508. The lowest BCUT2D eigenvalue weighted by atomic mass is 9.88. The van der Waals surface area contributed by atoms with E-state index in [2.05, 4.69) is 31.2 Å². The Kier molecular flexibility index (Phi) is 6.92. The van der Waals surface area contributed by atoms with Crippen LogP contribution in [0.3, 0.4) is 0 Å². The lowest BCUT2D eigenvalue weighted by molar-refractivity contribution is 0.161. The summed E-state index contributed by atoms with van der Waals surface area (Å²) in [4.78, 5) is 0. The van der Waals surface area contributed by atoms with Gasteiger partial charge in [-0.25, -0.2) is 0 Å². The summed E-state index contributed by atoms with van der Waals surface area (Å²) in [6.45, 7) is 2.22. The first-order valence-electron chi connectivity index (χ1n) is 8.27. The van der Waals surface area contributed by atoms with E-state index in [1.807, 2.05) is 48.5 Å². The van der Waals surface area contributed by atoms with Crippen molar-refractivity contribution in [1.82, 2.24) is 0 Å². The molecule has 22 heavy (non-hydrogen) atoms. The number of hydrogen-bond acceptors (Lipinski definition) is 1. The van der Waals surface area contributed by atoms with Gasteiger partial charge in [0.05, 0.1) is 6.10 Å². The molecule has 0 saturated carbocycles. The number of hydrogen-bond donors (Lipinski definition) is 1. The fraction of sp³-hybridized carbons (Fsp3) is 0.333. The van der Waals surface area contributed by atoms with E-state index in [0.717, 1.165) is 17.5 Å². The maximum Gasteiger partial charge on any atom is 0.0893 e. The van der Waals surface area contributed by atoms with Crippen LogP contribution in [0.2, 0.25) is 0 Å². The number of aliphatic hydroxyl groups is 1. The highest BCUT2D eigenvalue weighted by atomic mass is 16.3. The molecule has 0 saturated heterocycles. The molecule has 0 amide bonds. The topological polar surface area (TPSA) is 20.2 Å². The molecule has 0 aliphatic carbocycles. The summed E-state index contributed by atoms with van der Waals surface area (Å²) in [5, 5.41) is 10.8. The van der Waals surface area contributed by atoms with Gasteiger partial charge in [-0.2, -0.15) is 0 Å². The minimum absolute atomic E-state index is 0.00484. The van der Waals surface area contributed by atoms with Crippen molar-refractivity contribution in [3.8, 4) is 0 Å². The van der Waals surface area contributed by atoms with E-state index in [-0.39, 0.29) is 5.92 Å². The molecule has 0 radical (unpaired) electrons. The molecule has 1 nitrogen and oxygen atoms in total. The highest BCUT2D eigenvalue weighted by Gasteiger charge is 2.19. The van der Waals surface area contributed by atoms with Crippen molar-refractivity contribution < 1.29 is 5.11 Å². The summed E-state index contributed by atoms with van der Waals surface area (Å²) >= 11 is 0. The van der Waals surface area contributed by atoms with Gasteiger partial charge in [0.1, 0.15) is 0 Å². The Balaban J connectivity index is 2.15. The molecule has 2 aromatic rings. The molecule has 2 atom stereocenters. The molecule has 0 unspecified atom stereocenters. The average molecular weight is 294 g/mol. The van der Waals surface area contributed by atoms with E-state index in [0.29, 0.717) is 0 Å². The summed E-state index contributed by atoms with van der Waals surface area (Å²) < 4.78 is 0. The lowest BCUT2D eigenvalue weighted by Crippen LogP contribution is -2.08. The summed E-state index contributed by atoms with van der Waals surface area (Å²) in [5.41, 5.74) is 2.13. The molecule has 0 aliphatic rings. The van der Waals surface area contributed by atoms with Gasteiger partial charge in [-0.15, -0.1) is 0 Å². The van der Waals surface area contributed by atoms with Crippen molar-refractivity contribution in [1.29, 1.82) is 0 Å². The second-order valence-corrected chi connectivity index (χ2v) is 5.72. The van der Waals surface area contributed by atoms with E-state index < -0.39 is 6.10 Å². The van der Waals surface area contributed by atoms with Gasteiger partial charge in [0.25, 0.3) is 0 Å². The molecule has 0 aliphatic heterocycles. The van der Waals surface area contributed by atoms with Crippen LogP contribution in [0.15, 0.2) is 72.8 Å². The van der Waals surface area contributed by atoms with Gasteiger partial charge in [0.15, 0.2) is 0 Å². The zero-order valence-electron chi connectivity index (χ0n) is 13.4. The summed E-state index contributed by atoms with van der Waals surface area (Å²) in [7, 11) is 0. The van der Waals surface area contributed by atoms with Crippen LogP contribution in [-0.4, -0.2) is 5.11 Å². The SMILES string of the molecule is CCCCC/C=C/[C@@H](c1ccccc1)[C@@H](O)c1ccccc1. The second kappa shape index (κ2) is 9.22. The summed E-state index contributed by atoms with van der Waals surface area (Å²) in [6, 6.07) is 20.2. The fourth-order valence-electron chi connectivity index (χ4n) is 2.69. The van der Waals surface area contributed by atoms with Crippen LogP contribution in [0.1, 0.15) is 55.8 Å². The molecule has 0 bridgehead atoms. The maximum atomic E-state index is 10.8. The predicted molar refractivity (Wildman–Crippen MR) is 93.9 cm³/mol. The van der Waals surface area contributed by atoms with Crippen LogP contribution in [-0.2, 0) is 0 Å². The molecular weight excluding hydrogens is 268 g/mol. The van der Waals surface area contributed by atoms with Gasteiger partial charge >= 0.3 is 0 Å². The molecule has 2 rings (SSSR count). The van der Waals surface area contributed by atoms with Crippen LogP contribution < -0.4 is 0 Å². The minimum Gasteiger partial charge on any atom is -0.387 e. The Morgan fingerprint density at radius 2 is 1.45 bits per heavy atom. The molecule has 116 valence electrons. The average Bonchev–Trinajstić information content (AvgIpc) is 2.59. The van der Waals surface area contributed by atoms with Gasteiger partial charge in [0.2, 0.25) is 0 Å². The molecule has 0 fully saturated rings. The summed E-state index contributed by atoms with van der Waals surface area (Å²) in [5.74, 6) is 0.00484. The first-order chi connectivity index (χ1) is 10.8. The molecule has 0 aromatic heterocycles. The van der Waals surface area contributed by atoms with Crippen LogP contribution in [0.5, 0.6) is 0 Å². The quantitative estimate of drug-likeness (QED) is 0.493. The zero-order chi connectivity index (χ0) is 15.6. The third-order valence-electron chi connectivity index (χ3n) is 3.98. The van der Waals surface area contributed by atoms with E-state index >= 15 is 0 Å². The molecule has 0 heterocycles. The Morgan fingerprint density at radius 1 is 0.864 bits per heavy atom. The van der Waals surface area contributed by atoms with E-state index in [4.69, 9.17) is 0 Å². The third-order valence-corrected chi connectivity index (χ3v) is 3.98. The van der Waals surface area contributed by atoms with Crippen molar-refractivity contribution >= 4 is 0 Å². The smallest absolute Gasteiger partial charge is 0.0893 e. The van der Waals surface area contributed by atoms with E-state index in [9.17, 15) is 5.11 Å². The molecular formula is C21H26O. The largest absolute Gasteiger partial charge is 0.387 e. The number of aliphatic hydroxyl groups excluding tert-OH is 1. The fourth-order valence-corrected chi connectivity index (χ4v) is 2.69. The summed E-state index contributed by atoms with van der Waals surface area (Å²) in [6.07, 6.45) is 8.69. The van der Waals surface area contributed by atoms with Gasteiger partial charge < -0.3 is 5.11 Å². The standard InChI is InChI=1S/C21H26O/c1-2-3-4-5-12-17-20(18-13-8-6-9-14-18)21(22)19-15-10-7-11-16-19/h6-17,20-22H,2-5H2,1H3/b17-12+/t20-,21-/m0/s1. The van der Waals surface area contributed by atoms with Gasteiger partial charge in [0, 0.05) is 5.92 Å². The normalized spacial score (nSPS) is 14.1. The van der Waals surface area contributed by atoms with E-state index in [1.165, 1.54) is 19.3 Å². The Hall–Kier alpha value is -1.86. The van der Waals surface area contributed by atoms with Crippen molar-refractivity contribution in [2.24, 2.45) is 0 Å². The van der Waals surface area contributed by atoms with Gasteiger partial charge in [-0.3, -0.25) is 0 Å². The van der Waals surface area contributed by atoms with Crippen LogP contribution in [0.4, 0.5) is 0 Å². The maximum absolute atomic E-state index is 10.8. The third kappa shape index (κ3) is 4.85. The number of allylic oxidation sites excluding steroid dienone is 1. The first kappa shape index (κ1) is 16.5. The molecule has 2 aromatic carbocycles. The Morgan fingerprint density at radius 3 is 2.05 bits per heavy atom. The molecule has 1 heteroatoms. The zero-order valence-corrected chi connectivity index (χ0v) is 13.4. The highest BCUT2D eigenvalue weighted by Crippen LogP contribution is 2.32. The Labute approximate surface area is 134 Å². The molecule has 0 spiro atoms. The van der Waals surface area contributed by atoms with Crippen molar-refractivity contribution in [2.75, 3.05) is 0 Å². The highest BCUT2D eigenvalue weighted by molar-refractivity contribution is 5.30. The van der Waals surface area contributed by atoms with E-state index in [1.54, 1.807) is 0 Å².